The Balaban J connectivity index is 1.36. The van der Waals surface area contributed by atoms with E-state index in [9.17, 15) is 25.1 Å². The molecule has 1 aliphatic rings. The number of hydrogen-bond acceptors (Lipinski definition) is 6. The van der Waals surface area contributed by atoms with Gasteiger partial charge in [0.05, 0.1) is 4.92 Å². The van der Waals surface area contributed by atoms with Gasteiger partial charge in [-0.2, -0.15) is 0 Å². The lowest BCUT2D eigenvalue weighted by Crippen LogP contribution is -2.36. The summed E-state index contributed by atoms with van der Waals surface area (Å²) >= 11 is 0. The molecule has 0 spiro atoms. The van der Waals surface area contributed by atoms with E-state index in [1.54, 1.807) is 6.92 Å². The third-order valence-electron chi connectivity index (χ3n) is 5.96. The lowest BCUT2D eigenvalue weighted by molar-refractivity contribution is -0.385. The predicted molar refractivity (Wildman–Crippen MR) is 122 cm³/mol. The molecule has 1 aliphatic carbocycles. The molecule has 8 nitrogen and oxygen atoms in total. The summed E-state index contributed by atoms with van der Waals surface area (Å²) < 4.78 is 5.42. The van der Waals surface area contributed by atoms with Gasteiger partial charge in [0.25, 0.3) is 5.69 Å². The average molecular weight is 448 g/mol. The molecule has 2 unspecified atom stereocenters. The van der Waals surface area contributed by atoms with Crippen molar-refractivity contribution in [2.24, 2.45) is 0 Å². The number of amides is 1. The monoisotopic (exact) mass is 448 g/mol. The molecule has 0 saturated carbocycles. The average Bonchev–Trinajstić information content (AvgIpc) is 3.14. The third kappa shape index (κ3) is 4.57. The summed E-state index contributed by atoms with van der Waals surface area (Å²) in [4.78, 5) is 22.7. The number of nitro groups is 1. The first-order valence-corrected chi connectivity index (χ1v) is 10.6. The standard InChI is InChI=1S/C25H24N2O6/c1-15-10-11-16(27(31)32)12-21(15)24(29)23(28)13-26-25(30)33-14-22-19-8-4-2-6-17(19)18-7-3-5-9-20(18)22/h2-12,22-24,28-29H,13-14H2,1H3,(H,26,30). The van der Waals surface area contributed by atoms with Gasteiger partial charge in [-0.3, -0.25) is 10.1 Å². The third-order valence-corrected chi connectivity index (χ3v) is 5.96. The Morgan fingerprint density at radius 2 is 1.67 bits per heavy atom. The maximum Gasteiger partial charge on any atom is 0.407 e. The number of nitro benzene ring substituents is 1. The van der Waals surface area contributed by atoms with Crippen molar-refractivity contribution >= 4 is 11.8 Å². The topological polar surface area (TPSA) is 122 Å². The highest BCUT2D eigenvalue weighted by Crippen LogP contribution is 2.44. The van der Waals surface area contributed by atoms with E-state index in [1.165, 1.54) is 18.2 Å². The molecule has 170 valence electrons. The van der Waals surface area contributed by atoms with Crippen LogP contribution in [0.1, 0.15) is 34.3 Å². The van der Waals surface area contributed by atoms with Gasteiger partial charge < -0.3 is 20.3 Å². The molecule has 0 heterocycles. The van der Waals surface area contributed by atoms with Crippen LogP contribution in [0.5, 0.6) is 0 Å². The fourth-order valence-corrected chi connectivity index (χ4v) is 4.22. The van der Waals surface area contributed by atoms with Crippen LogP contribution in [0.25, 0.3) is 11.1 Å². The van der Waals surface area contributed by atoms with E-state index < -0.39 is 23.2 Å². The molecule has 4 rings (SSSR count). The highest BCUT2D eigenvalue weighted by atomic mass is 16.6. The molecule has 3 aromatic carbocycles. The summed E-state index contributed by atoms with van der Waals surface area (Å²) in [7, 11) is 0. The summed E-state index contributed by atoms with van der Waals surface area (Å²) in [6.07, 6.45) is -3.50. The van der Waals surface area contributed by atoms with E-state index >= 15 is 0 Å². The number of benzene rings is 3. The van der Waals surface area contributed by atoms with Crippen LogP contribution in [-0.2, 0) is 4.74 Å². The fraction of sp³-hybridized carbons (Fsp3) is 0.240. The smallest absolute Gasteiger partial charge is 0.407 e. The second-order valence-electron chi connectivity index (χ2n) is 8.02. The van der Waals surface area contributed by atoms with Gasteiger partial charge in [-0.05, 0) is 40.3 Å². The van der Waals surface area contributed by atoms with Crippen molar-refractivity contribution in [3.05, 3.63) is 99.1 Å². The zero-order valence-electron chi connectivity index (χ0n) is 18.0. The molecule has 33 heavy (non-hydrogen) atoms. The second-order valence-corrected chi connectivity index (χ2v) is 8.02. The van der Waals surface area contributed by atoms with Crippen LogP contribution < -0.4 is 5.32 Å². The summed E-state index contributed by atoms with van der Waals surface area (Å²) in [5.74, 6) is -0.0915. The van der Waals surface area contributed by atoms with Crippen LogP contribution in [-0.4, -0.2) is 40.5 Å². The number of non-ortho nitro benzene ring substituents is 1. The molecule has 0 radical (unpaired) electrons. The summed E-state index contributed by atoms with van der Waals surface area (Å²) in [5, 5.41) is 34.2. The van der Waals surface area contributed by atoms with Crippen LogP contribution in [0.2, 0.25) is 0 Å². The molecular formula is C25H24N2O6. The minimum Gasteiger partial charge on any atom is -0.449 e. The first-order valence-electron chi connectivity index (χ1n) is 10.6. The maximum atomic E-state index is 12.3. The Morgan fingerprint density at radius 3 is 2.27 bits per heavy atom. The van der Waals surface area contributed by atoms with Gasteiger partial charge in [-0.25, -0.2) is 4.79 Å². The predicted octanol–water partition coefficient (Wildman–Crippen LogP) is 3.84. The molecule has 8 heteroatoms. The second kappa shape index (κ2) is 9.40. The molecule has 0 bridgehead atoms. The number of ether oxygens (including phenoxy) is 1. The minimum atomic E-state index is -1.40. The Kier molecular flexibility index (Phi) is 6.39. The lowest BCUT2D eigenvalue weighted by atomic mass is 9.98. The Hall–Kier alpha value is -3.75. The van der Waals surface area contributed by atoms with E-state index in [1.807, 2.05) is 48.5 Å². The quantitative estimate of drug-likeness (QED) is 0.373. The molecule has 0 aliphatic heterocycles. The van der Waals surface area contributed by atoms with Crippen LogP contribution >= 0.6 is 0 Å². The summed E-state index contributed by atoms with van der Waals surface area (Å²) in [6, 6.07) is 20.0. The van der Waals surface area contributed by atoms with Crippen molar-refractivity contribution in [3.8, 4) is 11.1 Å². The number of rotatable bonds is 7. The molecule has 2 atom stereocenters. The maximum absolute atomic E-state index is 12.3. The first-order chi connectivity index (χ1) is 15.9. The minimum absolute atomic E-state index is 0.0915. The van der Waals surface area contributed by atoms with Crippen molar-refractivity contribution < 1.29 is 24.7 Å². The molecule has 1 amide bonds. The number of fused-ring (bicyclic) bond motifs is 3. The number of alkyl carbamates (subject to hydrolysis) is 1. The van der Waals surface area contributed by atoms with Crippen molar-refractivity contribution in [1.82, 2.24) is 5.32 Å². The Morgan fingerprint density at radius 1 is 1.06 bits per heavy atom. The van der Waals surface area contributed by atoms with Gasteiger partial charge in [0.1, 0.15) is 18.8 Å². The van der Waals surface area contributed by atoms with E-state index in [0.717, 1.165) is 22.3 Å². The number of carbonyl (C=O) groups excluding carboxylic acids is 1. The number of aliphatic hydroxyl groups excluding tert-OH is 2. The fourth-order valence-electron chi connectivity index (χ4n) is 4.22. The lowest BCUT2D eigenvalue weighted by Gasteiger charge is -2.20. The Labute approximate surface area is 190 Å². The van der Waals surface area contributed by atoms with Gasteiger partial charge in [0, 0.05) is 24.6 Å². The molecular weight excluding hydrogens is 424 g/mol. The zero-order chi connectivity index (χ0) is 23.5. The molecule has 3 N–H and O–H groups in total. The van der Waals surface area contributed by atoms with E-state index in [-0.39, 0.29) is 30.3 Å². The van der Waals surface area contributed by atoms with Crippen LogP contribution in [0, 0.1) is 17.0 Å². The van der Waals surface area contributed by atoms with Crippen molar-refractivity contribution in [1.29, 1.82) is 0 Å². The van der Waals surface area contributed by atoms with Crippen LogP contribution in [0.15, 0.2) is 66.7 Å². The van der Waals surface area contributed by atoms with Gasteiger partial charge in [-0.1, -0.05) is 54.6 Å². The first kappa shape index (κ1) is 22.4. The normalized spacial score (nSPS) is 14.2. The SMILES string of the molecule is Cc1ccc([N+](=O)[O-])cc1C(O)C(O)CNC(=O)OCC1c2ccccc2-c2ccccc21. The van der Waals surface area contributed by atoms with Crippen molar-refractivity contribution in [2.75, 3.05) is 13.2 Å². The number of aliphatic hydroxyl groups is 2. The van der Waals surface area contributed by atoms with Gasteiger partial charge >= 0.3 is 6.09 Å². The molecule has 3 aromatic rings. The number of nitrogens with one attached hydrogen (secondary N) is 1. The number of carbonyl (C=O) groups is 1. The largest absolute Gasteiger partial charge is 0.449 e. The van der Waals surface area contributed by atoms with Gasteiger partial charge in [0.15, 0.2) is 0 Å². The molecule has 0 saturated heterocycles. The Bertz CT molecular complexity index is 1150. The number of hydrogen-bond donors (Lipinski definition) is 3. The van der Waals surface area contributed by atoms with Gasteiger partial charge in [0.2, 0.25) is 0 Å². The summed E-state index contributed by atoms with van der Waals surface area (Å²) in [5.41, 5.74) is 5.04. The van der Waals surface area contributed by atoms with Crippen LogP contribution in [0.4, 0.5) is 10.5 Å². The molecule has 0 fully saturated rings. The summed E-state index contributed by atoms with van der Waals surface area (Å²) in [6.45, 7) is 1.52. The van der Waals surface area contributed by atoms with Crippen LogP contribution in [0.3, 0.4) is 0 Å². The van der Waals surface area contributed by atoms with Crippen molar-refractivity contribution in [2.45, 2.75) is 25.0 Å². The van der Waals surface area contributed by atoms with E-state index in [0.29, 0.717) is 5.56 Å². The highest BCUT2D eigenvalue weighted by molar-refractivity contribution is 5.79. The van der Waals surface area contributed by atoms with Crippen molar-refractivity contribution in [3.63, 3.8) is 0 Å². The van der Waals surface area contributed by atoms with E-state index in [2.05, 4.69) is 5.32 Å². The number of aryl methyl sites for hydroxylation is 1. The zero-order valence-corrected chi connectivity index (χ0v) is 18.0. The number of nitrogens with zero attached hydrogens (tertiary/aromatic N) is 1. The van der Waals surface area contributed by atoms with Gasteiger partial charge in [-0.15, -0.1) is 0 Å². The highest BCUT2D eigenvalue weighted by Gasteiger charge is 2.29. The van der Waals surface area contributed by atoms with E-state index in [4.69, 9.17) is 4.74 Å². The molecule has 0 aromatic heterocycles.